The summed E-state index contributed by atoms with van der Waals surface area (Å²) in [5.41, 5.74) is 28.0. The second-order valence-corrected chi connectivity index (χ2v) is 33.0. The molecule has 0 spiro atoms. The second-order valence-electron chi connectivity index (χ2n) is 33.0. The van der Waals surface area contributed by atoms with Gasteiger partial charge in [-0.3, -0.25) is 0 Å². The summed E-state index contributed by atoms with van der Waals surface area (Å²) in [6.07, 6.45) is 0. The van der Waals surface area contributed by atoms with Gasteiger partial charge in [0.25, 0.3) is 0 Å². The fraction of sp³-hybridized carbons (Fsp3) is 0.0536. The lowest BCUT2D eigenvalue weighted by Crippen LogP contribution is -2.16. The summed E-state index contributed by atoms with van der Waals surface area (Å²) in [5, 5.41) is 15.8. The van der Waals surface area contributed by atoms with Gasteiger partial charge in [0, 0.05) is 99.9 Å². The minimum absolute atomic E-state index is 0.206. The van der Waals surface area contributed by atoms with Crippen molar-refractivity contribution < 1.29 is 17.7 Å². The highest BCUT2D eigenvalue weighted by molar-refractivity contribution is 6.25. The molecule has 0 bridgehead atoms. The summed E-state index contributed by atoms with van der Waals surface area (Å²) in [7, 11) is 0. The Morgan fingerprint density at radius 2 is 0.559 bits per heavy atom. The molecule has 6 nitrogen and oxygen atoms in total. The van der Waals surface area contributed by atoms with Crippen LogP contribution < -0.4 is 9.80 Å². The number of para-hydroxylation sites is 2. The molecule has 0 N–H and O–H groups in total. The highest BCUT2D eigenvalue weighted by Gasteiger charge is 2.39. The number of nitrogens with zero attached hydrogens (tertiary/aromatic N) is 2. The molecule has 22 aromatic rings. The van der Waals surface area contributed by atoms with E-state index >= 15 is 0 Å². The molecule has 4 aromatic heterocycles. The quantitative estimate of drug-likeness (QED) is 0.121. The first-order chi connectivity index (χ1) is 57.9. The van der Waals surface area contributed by atoms with Crippen LogP contribution in [0.2, 0.25) is 0 Å². The van der Waals surface area contributed by atoms with Gasteiger partial charge in [-0.25, -0.2) is 0 Å². The molecule has 2 aliphatic rings. The molecule has 118 heavy (non-hydrogen) atoms. The lowest BCUT2D eigenvalue weighted by atomic mass is 9.80. The van der Waals surface area contributed by atoms with E-state index < -0.39 is 0 Å². The van der Waals surface area contributed by atoms with Crippen LogP contribution in [0.4, 0.5) is 34.1 Å². The summed E-state index contributed by atoms with van der Waals surface area (Å²) in [4.78, 5) is 4.82. The Kier molecular flexibility index (Phi) is 14.7. The third-order valence-corrected chi connectivity index (χ3v) is 25.5. The van der Waals surface area contributed by atoms with Crippen LogP contribution in [0.5, 0.6) is 0 Å². The van der Waals surface area contributed by atoms with Crippen molar-refractivity contribution in [1.29, 1.82) is 0 Å². The van der Waals surface area contributed by atoms with Crippen LogP contribution in [0, 0.1) is 0 Å². The highest BCUT2D eigenvalue weighted by Crippen LogP contribution is 2.56. The van der Waals surface area contributed by atoms with Crippen molar-refractivity contribution in [2.24, 2.45) is 0 Å². The van der Waals surface area contributed by atoms with Crippen LogP contribution in [0.1, 0.15) is 49.9 Å². The molecule has 4 heterocycles. The second kappa shape index (κ2) is 25.8. The number of rotatable bonds is 12. The van der Waals surface area contributed by atoms with Gasteiger partial charge in [-0.15, -0.1) is 0 Å². The number of hydrogen-bond acceptors (Lipinski definition) is 6. The van der Waals surface area contributed by atoms with Crippen molar-refractivity contribution >= 4 is 132 Å². The van der Waals surface area contributed by atoms with Crippen molar-refractivity contribution in [3.8, 4) is 89.8 Å². The van der Waals surface area contributed by atoms with Crippen molar-refractivity contribution in [3.63, 3.8) is 0 Å². The van der Waals surface area contributed by atoms with Crippen molar-refractivity contribution in [1.82, 2.24) is 0 Å². The van der Waals surface area contributed by atoms with E-state index in [1.54, 1.807) is 0 Å². The average molecular weight is 1510 g/mol. The normalized spacial score (nSPS) is 13.2. The Bertz CT molecular complexity index is 7390. The molecule has 0 unspecified atom stereocenters. The first-order valence-corrected chi connectivity index (χ1v) is 40.7. The fourth-order valence-corrected chi connectivity index (χ4v) is 20.0. The van der Waals surface area contributed by atoms with Crippen LogP contribution in [0.3, 0.4) is 0 Å². The predicted octanol–water partition coefficient (Wildman–Crippen LogP) is 32.0. The predicted molar refractivity (Wildman–Crippen MR) is 490 cm³/mol. The highest BCUT2D eigenvalue weighted by atomic mass is 16.3. The van der Waals surface area contributed by atoms with Crippen molar-refractivity contribution in [2.75, 3.05) is 9.80 Å². The molecule has 6 heteroatoms. The molecule has 556 valence electrons. The van der Waals surface area contributed by atoms with Gasteiger partial charge in [-0.05, 0) is 267 Å². The topological polar surface area (TPSA) is 59.0 Å². The zero-order valence-corrected chi connectivity index (χ0v) is 65.3. The van der Waals surface area contributed by atoms with Gasteiger partial charge in [0.05, 0.1) is 0 Å². The van der Waals surface area contributed by atoms with Gasteiger partial charge in [0.1, 0.15) is 45.4 Å². The molecule has 0 aliphatic heterocycles. The number of benzene rings is 18. The smallest absolute Gasteiger partial charge is 0.143 e. The van der Waals surface area contributed by atoms with Crippen LogP contribution in [-0.4, -0.2) is 0 Å². The SMILES string of the molecule is CC1(C)c2ccccc2-c2ccc3ccc(N(c4ccc(-c5oc6ccc7c(ccc8oc(-c9ccc(N(c%10ccc%11cc(-c%12cc%13ccccc%13o%12)ccc%11c%10)c%10ccc%11ccc%12c(c%11c%10)C(C)(C)c%10ccccc%10-%12)cc9)c(-c9ccccc9)c87)c6c5-c5ccccc5)cc4)c4ccc5cc(-c6cc7ccccc7o6)ccc5c4)cc3c21. The van der Waals surface area contributed by atoms with Crippen LogP contribution in [0.15, 0.2) is 394 Å². The van der Waals surface area contributed by atoms with E-state index in [1.807, 2.05) is 24.3 Å². The minimum atomic E-state index is -0.206. The van der Waals surface area contributed by atoms with Gasteiger partial charge in [-0.1, -0.05) is 246 Å². The summed E-state index contributed by atoms with van der Waals surface area (Å²) in [5.74, 6) is 3.30. The Hall–Kier alpha value is -15.0. The monoisotopic (exact) mass is 1510 g/mol. The maximum Gasteiger partial charge on any atom is 0.143 e. The summed E-state index contributed by atoms with van der Waals surface area (Å²) in [6.45, 7) is 9.51. The van der Waals surface area contributed by atoms with E-state index in [0.717, 1.165) is 178 Å². The summed E-state index contributed by atoms with van der Waals surface area (Å²) >= 11 is 0. The molecule has 2 aliphatic carbocycles. The molecule has 0 amide bonds. The summed E-state index contributed by atoms with van der Waals surface area (Å²) in [6, 6.07) is 137. The fourth-order valence-electron chi connectivity index (χ4n) is 20.0. The molecule has 18 aromatic carbocycles. The Balaban J connectivity index is 0.629. The molecule has 0 saturated carbocycles. The van der Waals surface area contributed by atoms with Crippen LogP contribution in [-0.2, 0) is 10.8 Å². The Morgan fingerprint density at radius 3 is 0.992 bits per heavy atom. The van der Waals surface area contributed by atoms with Gasteiger partial charge in [0.15, 0.2) is 0 Å². The first-order valence-electron chi connectivity index (χ1n) is 40.7. The molecule has 0 fully saturated rings. The Morgan fingerprint density at radius 1 is 0.212 bits per heavy atom. The minimum Gasteiger partial charge on any atom is -0.456 e. The molecule has 0 atom stereocenters. The third-order valence-electron chi connectivity index (χ3n) is 25.5. The molecule has 24 rings (SSSR count). The van der Waals surface area contributed by atoms with Crippen molar-refractivity contribution in [2.45, 2.75) is 38.5 Å². The summed E-state index contributed by atoms with van der Waals surface area (Å²) < 4.78 is 27.4. The van der Waals surface area contributed by atoms with E-state index in [4.69, 9.17) is 17.7 Å². The molecule has 0 radical (unpaired) electrons. The molecule has 0 saturated heterocycles. The van der Waals surface area contributed by atoms with Crippen LogP contribution in [0.25, 0.3) is 188 Å². The van der Waals surface area contributed by atoms with E-state index in [2.05, 4.69) is 389 Å². The van der Waals surface area contributed by atoms with E-state index in [-0.39, 0.29) is 10.8 Å². The van der Waals surface area contributed by atoms with Gasteiger partial charge >= 0.3 is 0 Å². The number of hydrogen-bond donors (Lipinski definition) is 0. The maximum atomic E-state index is 7.32. The Labute approximate surface area is 681 Å². The number of furan rings is 4. The van der Waals surface area contributed by atoms with Gasteiger partial charge in [-0.2, -0.15) is 0 Å². The standard InChI is InChI=1S/C112H74N2O4/c1-111(2)95-27-15-13-25-87(95)91-53-43-67-35-49-85(65-93(67)107(91)111)113(83-51-41-73-59-79(33-31-75(73)61-83)101-63-77-23-11-17-29-97(77)115-101)81-45-37-71(38-46-81)109-103(69-19-7-5-8-20-69)105-89-56-58-100-106(90(89)55-57-99(105)117-109)104(70-21-9-6-10-22-70)110(118-100)72-39-47-82(48-40-72)114(84-52-42-74-60-80(34-32-76(74)62-84)102-64-78-24-12-18-30-98(78)116-102)86-50-36-68-44-54-92-88-26-14-16-28-96(88)112(3,4)108(92)94(68)66-86/h5-66H,1-4H3. The first kappa shape index (κ1) is 67.5. The maximum absolute atomic E-state index is 7.32. The van der Waals surface area contributed by atoms with E-state index in [1.165, 1.54) is 66.1 Å². The average Bonchev–Trinajstić information content (AvgIpc) is 1.56. The lowest BCUT2D eigenvalue weighted by Gasteiger charge is -2.28. The molecular weight excluding hydrogens is 1440 g/mol. The molecular formula is C112H74N2O4. The number of fused-ring (bicyclic) bond motifs is 19. The van der Waals surface area contributed by atoms with Crippen molar-refractivity contribution in [3.05, 3.63) is 398 Å². The zero-order chi connectivity index (χ0) is 78.2. The zero-order valence-electron chi connectivity index (χ0n) is 65.3. The third kappa shape index (κ3) is 10.4. The number of anilines is 6. The largest absolute Gasteiger partial charge is 0.456 e. The van der Waals surface area contributed by atoms with Gasteiger partial charge in [0.2, 0.25) is 0 Å². The van der Waals surface area contributed by atoms with E-state index in [9.17, 15) is 0 Å². The lowest BCUT2D eigenvalue weighted by molar-refractivity contribution is 0.631. The van der Waals surface area contributed by atoms with Crippen LogP contribution >= 0.6 is 0 Å². The van der Waals surface area contributed by atoms with E-state index in [0.29, 0.717) is 0 Å². The van der Waals surface area contributed by atoms with Gasteiger partial charge < -0.3 is 27.5 Å².